The van der Waals surface area contributed by atoms with Crippen molar-refractivity contribution in [1.82, 2.24) is 4.98 Å². The SMILES string of the molecule is Cc1nc2ccc(OC(CO)CO)cc2o1. The van der Waals surface area contributed by atoms with Crippen LogP contribution in [0.1, 0.15) is 5.89 Å². The highest BCUT2D eigenvalue weighted by atomic mass is 16.5. The van der Waals surface area contributed by atoms with Crippen LogP contribution in [-0.2, 0) is 0 Å². The maximum Gasteiger partial charge on any atom is 0.192 e. The minimum atomic E-state index is -0.610. The summed E-state index contributed by atoms with van der Waals surface area (Å²) in [6, 6.07) is 5.18. The fraction of sp³-hybridized carbons (Fsp3) is 0.364. The monoisotopic (exact) mass is 223 g/mol. The minimum absolute atomic E-state index is 0.232. The number of aliphatic hydroxyl groups is 2. The van der Waals surface area contributed by atoms with E-state index < -0.39 is 6.10 Å². The molecule has 1 aromatic carbocycles. The zero-order valence-corrected chi connectivity index (χ0v) is 8.88. The molecule has 0 atom stereocenters. The Balaban J connectivity index is 2.24. The second kappa shape index (κ2) is 4.51. The average molecular weight is 223 g/mol. The van der Waals surface area contributed by atoms with E-state index in [1.807, 2.05) is 0 Å². The van der Waals surface area contributed by atoms with Gasteiger partial charge < -0.3 is 19.4 Å². The third kappa shape index (κ3) is 2.15. The Kier molecular flexibility index (Phi) is 3.07. The Morgan fingerprint density at radius 1 is 1.38 bits per heavy atom. The van der Waals surface area contributed by atoms with Crippen LogP contribution in [0.2, 0.25) is 0 Å². The molecule has 0 spiro atoms. The van der Waals surface area contributed by atoms with E-state index in [2.05, 4.69) is 4.98 Å². The molecule has 0 saturated heterocycles. The first-order valence-corrected chi connectivity index (χ1v) is 4.98. The molecule has 2 aromatic rings. The molecule has 1 heterocycles. The Morgan fingerprint density at radius 2 is 2.12 bits per heavy atom. The van der Waals surface area contributed by atoms with Gasteiger partial charge in [-0.25, -0.2) is 4.98 Å². The maximum atomic E-state index is 8.88. The molecule has 16 heavy (non-hydrogen) atoms. The summed E-state index contributed by atoms with van der Waals surface area (Å²) in [5.74, 6) is 1.13. The molecule has 0 radical (unpaired) electrons. The number of oxazole rings is 1. The third-order valence-electron chi connectivity index (χ3n) is 2.18. The van der Waals surface area contributed by atoms with E-state index in [0.717, 1.165) is 5.52 Å². The topological polar surface area (TPSA) is 75.7 Å². The van der Waals surface area contributed by atoms with Gasteiger partial charge in [0.05, 0.1) is 13.2 Å². The number of ether oxygens (including phenoxy) is 1. The zero-order valence-electron chi connectivity index (χ0n) is 8.88. The Morgan fingerprint density at radius 3 is 2.81 bits per heavy atom. The second-order valence-corrected chi connectivity index (χ2v) is 3.47. The summed E-state index contributed by atoms with van der Waals surface area (Å²) in [5.41, 5.74) is 1.39. The van der Waals surface area contributed by atoms with Crippen LogP contribution >= 0.6 is 0 Å². The fourth-order valence-corrected chi connectivity index (χ4v) is 1.42. The Hall–Kier alpha value is -1.59. The largest absolute Gasteiger partial charge is 0.485 e. The summed E-state index contributed by atoms with van der Waals surface area (Å²) in [7, 11) is 0. The van der Waals surface area contributed by atoms with Crippen LogP contribution in [0.4, 0.5) is 0 Å². The van der Waals surface area contributed by atoms with Crippen molar-refractivity contribution in [2.45, 2.75) is 13.0 Å². The smallest absolute Gasteiger partial charge is 0.192 e. The van der Waals surface area contributed by atoms with Gasteiger partial charge in [0, 0.05) is 13.0 Å². The van der Waals surface area contributed by atoms with Crippen molar-refractivity contribution in [3.8, 4) is 5.75 Å². The number of aromatic nitrogens is 1. The van der Waals surface area contributed by atoms with Crippen LogP contribution in [0.3, 0.4) is 0 Å². The molecule has 2 N–H and O–H groups in total. The molecular weight excluding hydrogens is 210 g/mol. The van der Waals surface area contributed by atoms with E-state index in [1.54, 1.807) is 25.1 Å². The van der Waals surface area contributed by atoms with E-state index in [1.165, 1.54) is 0 Å². The van der Waals surface area contributed by atoms with Crippen molar-refractivity contribution in [2.75, 3.05) is 13.2 Å². The summed E-state index contributed by atoms with van der Waals surface area (Å²) in [4.78, 5) is 4.15. The van der Waals surface area contributed by atoms with E-state index in [4.69, 9.17) is 19.4 Å². The number of aliphatic hydroxyl groups excluding tert-OH is 2. The lowest BCUT2D eigenvalue weighted by Gasteiger charge is -2.13. The van der Waals surface area contributed by atoms with Gasteiger partial charge in [-0.3, -0.25) is 0 Å². The van der Waals surface area contributed by atoms with Crippen molar-refractivity contribution < 1.29 is 19.4 Å². The molecule has 0 saturated carbocycles. The van der Waals surface area contributed by atoms with Crippen LogP contribution in [0.25, 0.3) is 11.1 Å². The average Bonchev–Trinajstić information content (AvgIpc) is 2.65. The first kappa shape index (κ1) is 10.9. The summed E-state index contributed by atoms with van der Waals surface area (Å²) < 4.78 is 10.7. The van der Waals surface area contributed by atoms with Crippen molar-refractivity contribution in [3.63, 3.8) is 0 Å². The van der Waals surface area contributed by atoms with Gasteiger partial charge in [0.2, 0.25) is 0 Å². The molecule has 0 fully saturated rings. The summed E-state index contributed by atoms with van der Waals surface area (Å²) in [5, 5.41) is 17.8. The van der Waals surface area contributed by atoms with Crippen molar-refractivity contribution in [2.24, 2.45) is 0 Å². The van der Waals surface area contributed by atoms with Crippen molar-refractivity contribution in [1.29, 1.82) is 0 Å². The van der Waals surface area contributed by atoms with E-state index in [9.17, 15) is 0 Å². The van der Waals surface area contributed by atoms with Crippen LogP contribution in [0, 0.1) is 6.92 Å². The molecule has 0 unspecified atom stereocenters. The number of hydrogen-bond donors (Lipinski definition) is 2. The molecule has 0 amide bonds. The van der Waals surface area contributed by atoms with E-state index >= 15 is 0 Å². The molecular formula is C11H13NO4. The standard InChI is InChI=1S/C11H13NO4/c1-7-12-10-3-2-8(4-11(10)15-7)16-9(5-13)6-14/h2-4,9,13-14H,5-6H2,1H3. The predicted molar refractivity (Wildman–Crippen MR) is 57.3 cm³/mol. The Labute approximate surface area is 92.3 Å². The van der Waals surface area contributed by atoms with E-state index in [-0.39, 0.29) is 13.2 Å². The maximum absolute atomic E-state index is 8.88. The number of aryl methyl sites for hydroxylation is 1. The Bertz CT molecular complexity index is 476. The van der Waals surface area contributed by atoms with E-state index in [0.29, 0.717) is 17.2 Å². The predicted octanol–water partition coefficient (Wildman–Crippen LogP) is 0.868. The van der Waals surface area contributed by atoms with Gasteiger partial charge in [-0.1, -0.05) is 0 Å². The molecule has 5 heteroatoms. The normalized spacial score (nSPS) is 11.2. The highest BCUT2D eigenvalue weighted by Crippen LogP contribution is 2.22. The fourth-order valence-electron chi connectivity index (χ4n) is 1.42. The molecule has 5 nitrogen and oxygen atoms in total. The lowest BCUT2D eigenvalue weighted by Crippen LogP contribution is -2.25. The van der Waals surface area contributed by atoms with Gasteiger partial charge in [0.15, 0.2) is 11.5 Å². The number of hydrogen-bond acceptors (Lipinski definition) is 5. The quantitative estimate of drug-likeness (QED) is 0.804. The van der Waals surface area contributed by atoms with Gasteiger partial charge in [-0.05, 0) is 12.1 Å². The van der Waals surface area contributed by atoms with Gasteiger partial charge in [-0.2, -0.15) is 0 Å². The van der Waals surface area contributed by atoms with Crippen LogP contribution < -0.4 is 4.74 Å². The van der Waals surface area contributed by atoms with Crippen LogP contribution in [-0.4, -0.2) is 34.5 Å². The zero-order chi connectivity index (χ0) is 11.5. The first-order valence-electron chi connectivity index (χ1n) is 4.98. The number of nitrogens with zero attached hydrogens (tertiary/aromatic N) is 1. The van der Waals surface area contributed by atoms with Crippen molar-refractivity contribution in [3.05, 3.63) is 24.1 Å². The lowest BCUT2D eigenvalue weighted by atomic mass is 10.3. The molecule has 1 aromatic heterocycles. The summed E-state index contributed by atoms with van der Waals surface area (Å²) >= 11 is 0. The van der Waals surface area contributed by atoms with Crippen LogP contribution in [0.5, 0.6) is 5.75 Å². The van der Waals surface area contributed by atoms with Gasteiger partial charge >= 0.3 is 0 Å². The van der Waals surface area contributed by atoms with Gasteiger partial charge in [-0.15, -0.1) is 0 Å². The summed E-state index contributed by atoms with van der Waals surface area (Å²) in [6.45, 7) is 1.30. The number of fused-ring (bicyclic) bond motifs is 1. The third-order valence-corrected chi connectivity index (χ3v) is 2.18. The molecule has 2 rings (SSSR count). The molecule has 86 valence electrons. The minimum Gasteiger partial charge on any atom is -0.485 e. The van der Waals surface area contributed by atoms with Crippen LogP contribution in [0.15, 0.2) is 22.6 Å². The second-order valence-electron chi connectivity index (χ2n) is 3.47. The highest BCUT2D eigenvalue weighted by Gasteiger charge is 2.09. The van der Waals surface area contributed by atoms with Crippen molar-refractivity contribution >= 4 is 11.1 Å². The number of benzene rings is 1. The number of rotatable bonds is 4. The molecule has 0 bridgehead atoms. The molecule has 0 aliphatic carbocycles. The molecule has 0 aliphatic rings. The van der Waals surface area contributed by atoms with Gasteiger partial charge in [0.25, 0.3) is 0 Å². The highest BCUT2D eigenvalue weighted by molar-refractivity contribution is 5.74. The van der Waals surface area contributed by atoms with Gasteiger partial charge in [0.1, 0.15) is 17.4 Å². The first-order chi connectivity index (χ1) is 7.72. The lowest BCUT2D eigenvalue weighted by molar-refractivity contribution is 0.0630. The summed E-state index contributed by atoms with van der Waals surface area (Å²) in [6.07, 6.45) is -0.610. The molecule has 0 aliphatic heterocycles.